The molecule has 11 heteroatoms. The summed E-state index contributed by atoms with van der Waals surface area (Å²) in [4.78, 5) is 35.4. The highest BCUT2D eigenvalue weighted by Crippen LogP contribution is 2.43. The normalized spacial score (nSPS) is 14.8. The van der Waals surface area contributed by atoms with E-state index in [1.165, 1.54) is 70.6 Å². The predicted molar refractivity (Wildman–Crippen MR) is 244 cm³/mol. The molecule has 0 aromatic rings. The van der Waals surface area contributed by atoms with E-state index in [1.54, 1.807) is 12.2 Å². The molecule has 0 heterocycles. The number of unbranched alkanes of at least 4 members (excludes halogenated alkanes) is 14. The number of aliphatic hydroxyl groups excluding tert-OH is 1. The van der Waals surface area contributed by atoms with E-state index < -0.39 is 38.6 Å². The van der Waals surface area contributed by atoms with Crippen molar-refractivity contribution in [2.75, 3.05) is 47.5 Å². The third-order valence-corrected chi connectivity index (χ3v) is 10.4. The van der Waals surface area contributed by atoms with Gasteiger partial charge in [0.1, 0.15) is 19.8 Å². The fourth-order valence-electron chi connectivity index (χ4n) is 5.77. The van der Waals surface area contributed by atoms with Gasteiger partial charge in [-0.15, -0.1) is 0 Å². The Morgan fingerprint density at radius 1 is 0.610 bits per heavy atom. The van der Waals surface area contributed by atoms with Gasteiger partial charge in [0.15, 0.2) is 6.10 Å². The highest BCUT2D eigenvalue weighted by atomic mass is 31.2. The quantitative estimate of drug-likeness (QED) is 0.0155. The Kier molecular flexibility index (Phi) is 37.8. The largest absolute Gasteiger partial charge is 0.472 e. The van der Waals surface area contributed by atoms with Crippen molar-refractivity contribution in [2.24, 2.45) is 0 Å². The first-order valence-corrected chi connectivity index (χ1v) is 24.3. The van der Waals surface area contributed by atoms with Crippen LogP contribution in [0.2, 0.25) is 0 Å². The van der Waals surface area contributed by atoms with Gasteiger partial charge in [0.05, 0.1) is 33.9 Å². The molecule has 0 saturated carbocycles. The molecule has 0 bridgehead atoms. The van der Waals surface area contributed by atoms with Crippen LogP contribution in [0.15, 0.2) is 72.9 Å². The molecule has 2 N–H and O–H groups in total. The van der Waals surface area contributed by atoms with Gasteiger partial charge >= 0.3 is 19.8 Å². The lowest BCUT2D eigenvalue weighted by Gasteiger charge is -2.24. The number of allylic oxidation sites excluding steroid dienone is 11. The maximum atomic E-state index is 12.7. The summed E-state index contributed by atoms with van der Waals surface area (Å²) in [5, 5.41) is 10.3. The second-order valence-electron chi connectivity index (χ2n) is 16.3. The number of esters is 2. The second-order valence-corrected chi connectivity index (χ2v) is 17.7. The number of quaternary nitrogens is 1. The van der Waals surface area contributed by atoms with Crippen LogP contribution in [0.5, 0.6) is 0 Å². The molecule has 0 aromatic heterocycles. The lowest BCUT2D eigenvalue weighted by molar-refractivity contribution is -0.870. The summed E-state index contributed by atoms with van der Waals surface area (Å²) in [6.45, 7) is 4.03. The second kappa shape index (κ2) is 39.5. The van der Waals surface area contributed by atoms with Gasteiger partial charge in [0.2, 0.25) is 0 Å². The molecule has 2 unspecified atom stereocenters. The molecule has 0 aliphatic carbocycles. The van der Waals surface area contributed by atoms with Crippen molar-refractivity contribution in [3.63, 3.8) is 0 Å². The zero-order valence-corrected chi connectivity index (χ0v) is 38.7. The van der Waals surface area contributed by atoms with Gasteiger partial charge in [-0.3, -0.25) is 18.6 Å². The molecule has 0 aromatic carbocycles. The molecule has 0 fully saturated rings. The van der Waals surface area contributed by atoms with Gasteiger partial charge in [-0.25, -0.2) is 4.57 Å². The molecule has 0 spiro atoms. The third kappa shape index (κ3) is 43.3. The summed E-state index contributed by atoms with van der Waals surface area (Å²) >= 11 is 0. The van der Waals surface area contributed by atoms with Crippen LogP contribution in [0.1, 0.15) is 162 Å². The van der Waals surface area contributed by atoms with E-state index in [0.29, 0.717) is 17.4 Å². The Labute approximate surface area is 360 Å². The summed E-state index contributed by atoms with van der Waals surface area (Å²) < 4.78 is 34.1. The van der Waals surface area contributed by atoms with Crippen molar-refractivity contribution >= 4 is 19.8 Å². The van der Waals surface area contributed by atoms with E-state index in [0.717, 1.165) is 51.4 Å². The van der Waals surface area contributed by atoms with Crippen LogP contribution in [-0.2, 0) is 32.7 Å². The fourth-order valence-corrected chi connectivity index (χ4v) is 6.51. The smallest absolute Gasteiger partial charge is 0.462 e. The van der Waals surface area contributed by atoms with Gasteiger partial charge in [-0.2, -0.15) is 0 Å². The van der Waals surface area contributed by atoms with Crippen molar-refractivity contribution < 1.29 is 47.2 Å². The molecule has 0 radical (unpaired) electrons. The minimum absolute atomic E-state index is 0.00619. The molecule has 10 nitrogen and oxygen atoms in total. The maximum absolute atomic E-state index is 12.7. The number of likely N-dealkylation sites (N-methyl/N-ethyl adjacent to an activating group) is 1. The maximum Gasteiger partial charge on any atom is 0.472 e. The molecule has 0 aliphatic heterocycles. The zero-order chi connectivity index (χ0) is 43.7. The predicted octanol–water partition coefficient (Wildman–Crippen LogP) is 12.0. The number of rotatable bonds is 40. The summed E-state index contributed by atoms with van der Waals surface area (Å²) in [6, 6.07) is 0. The number of nitrogens with zero attached hydrogens (tertiary/aromatic N) is 1. The van der Waals surface area contributed by atoms with Crippen LogP contribution in [0.3, 0.4) is 0 Å². The van der Waals surface area contributed by atoms with Crippen LogP contribution in [0.25, 0.3) is 0 Å². The standard InChI is InChI=1S/C48H84NO9P/c1-6-8-10-12-14-16-18-20-22-24-25-27-29-31-33-35-37-45(50)39-40-47(51)55-43-46(44-57-59(53,54)56-42-41-49(3,4)5)58-48(52)38-36-34-32-30-28-26-23-21-19-17-15-13-11-9-7-2/h8,10,14,16,20,22,25,27,31,33,35,37,45-46,50H,6-7,9,11-13,15,17-19,21,23-24,26,28-30,32,34,36,38-44H2,1-5H3/p+1/b10-8-,16-14-,22-20-,27-25-,33-31-,37-35-/t45?,46-/m1/s1. The average molecular weight is 851 g/mol. The van der Waals surface area contributed by atoms with Crippen LogP contribution >= 0.6 is 7.82 Å². The van der Waals surface area contributed by atoms with Gasteiger partial charge in [-0.05, 0) is 44.9 Å². The van der Waals surface area contributed by atoms with E-state index in [9.17, 15) is 24.2 Å². The summed E-state index contributed by atoms with van der Waals surface area (Å²) in [6.07, 6.45) is 45.7. The summed E-state index contributed by atoms with van der Waals surface area (Å²) in [5.41, 5.74) is 0. The van der Waals surface area contributed by atoms with Crippen molar-refractivity contribution in [1.82, 2.24) is 0 Å². The molecule has 0 saturated heterocycles. The lowest BCUT2D eigenvalue weighted by Crippen LogP contribution is -2.37. The van der Waals surface area contributed by atoms with Crippen LogP contribution in [0, 0.1) is 0 Å². The van der Waals surface area contributed by atoms with Crippen molar-refractivity contribution in [1.29, 1.82) is 0 Å². The summed E-state index contributed by atoms with van der Waals surface area (Å²) in [5.74, 6) is -1.08. The molecule has 340 valence electrons. The van der Waals surface area contributed by atoms with Gasteiger partial charge < -0.3 is 24.0 Å². The van der Waals surface area contributed by atoms with Gasteiger partial charge in [-0.1, -0.05) is 177 Å². The SMILES string of the molecule is CC/C=C\C/C=C\C/C=C\C/C=C\C/C=C\C=C/C(O)CCC(=O)OC[C@H](COP(=O)(O)OCC[N+](C)(C)C)OC(=O)CCCCCCCCCCCCCCCCC. The minimum Gasteiger partial charge on any atom is -0.462 e. The minimum atomic E-state index is -4.43. The Balaban J connectivity index is 4.57. The van der Waals surface area contributed by atoms with E-state index in [1.807, 2.05) is 33.3 Å². The monoisotopic (exact) mass is 851 g/mol. The molecule has 59 heavy (non-hydrogen) atoms. The van der Waals surface area contributed by atoms with Crippen molar-refractivity contribution in [2.45, 2.75) is 174 Å². The Hall–Kier alpha value is -2.59. The van der Waals surface area contributed by atoms with E-state index in [2.05, 4.69) is 62.5 Å². The highest BCUT2D eigenvalue weighted by molar-refractivity contribution is 7.47. The number of aliphatic hydroxyl groups is 1. The average Bonchev–Trinajstić information content (AvgIpc) is 3.18. The van der Waals surface area contributed by atoms with E-state index >= 15 is 0 Å². The Morgan fingerprint density at radius 2 is 1.10 bits per heavy atom. The molecular formula is C48H85NO9P+. The van der Waals surface area contributed by atoms with Gasteiger partial charge in [0.25, 0.3) is 0 Å². The first-order chi connectivity index (χ1) is 28.4. The lowest BCUT2D eigenvalue weighted by atomic mass is 10.0. The zero-order valence-electron chi connectivity index (χ0n) is 37.8. The number of carbonyl (C=O) groups is 2. The topological polar surface area (TPSA) is 129 Å². The van der Waals surface area contributed by atoms with Crippen LogP contribution < -0.4 is 0 Å². The molecule has 0 aliphatic rings. The highest BCUT2D eigenvalue weighted by Gasteiger charge is 2.27. The fraction of sp³-hybridized carbons (Fsp3) is 0.708. The Bertz CT molecular complexity index is 1250. The Morgan fingerprint density at radius 3 is 1.61 bits per heavy atom. The number of ether oxygens (including phenoxy) is 2. The number of carbonyl (C=O) groups excluding carboxylic acids is 2. The first-order valence-electron chi connectivity index (χ1n) is 22.8. The molecule has 0 amide bonds. The molecular weight excluding hydrogens is 765 g/mol. The number of hydrogen-bond acceptors (Lipinski definition) is 8. The number of hydrogen-bond donors (Lipinski definition) is 2. The van der Waals surface area contributed by atoms with Gasteiger partial charge in [0, 0.05) is 12.8 Å². The summed E-state index contributed by atoms with van der Waals surface area (Å²) in [7, 11) is 1.35. The molecule has 0 rings (SSSR count). The van der Waals surface area contributed by atoms with E-state index in [4.69, 9.17) is 18.5 Å². The van der Waals surface area contributed by atoms with E-state index in [-0.39, 0.29) is 32.5 Å². The van der Waals surface area contributed by atoms with Crippen molar-refractivity contribution in [3.05, 3.63) is 72.9 Å². The number of phosphoric ester groups is 1. The third-order valence-electron chi connectivity index (χ3n) is 9.37. The van der Waals surface area contributed by atoms with Crippen LogP contribution in [0.4, 0.5) is 0 Å². The van der Waals surface area contributed by atoms with Crippen molar-refractivity contribution in [3.8, 4) is 0 Å². The van der Waals surface area contributed by atoms with Crippen LogP contribution in [-0.4, -0.2) is 86.1 Å². The first kappa shape index (κ1) is 56.4. The number of phosphoric acid groups is 1. The molecule has 3 atom stereocenters.